The Morgan fingerprint density at radius 1 is 1.10 bits per heavy atom. The summed E-state index contributed by atoms with van der Waals surface area (Å²) in [5.41, 5.74) is 3.10. The number of nitro benzene ring substituents is 1. The lowest BCUT2D eigenvalue weighted by molar-refractivity contribution is -0.384. The third-order valence-electron chi connectivity index (χ3n) is 5.06. The number of para-hydroxylation sites is 2. The molecule has 0 fully saturated rings. The first kappa shape index (κ1) is 18.8. The minimum Gasteiger partial charge on any atom is -0.497 e. The molecule has 1 N–H and O–H groups in total. The third kappa shape index (κ3) is 3.49. The average molecular weight is 394 g/mol. The molecule has 0 spiro atoms. The van der Waals surface area contributed by atoms with Crippen molar-refractivity contribution < 1.29 is 14.4 Å². The Morgan fingerprint density at radius 2 is 1.83 bits per heavy atom. The van der Waals surface area contributed by atoms with Gasteiger partial charge in [0.25, 0.3) is 5.69 Å². The highest BCUT2D eigenvalue weighted by molar-refractivity contribution is 5.74. The van der Waals surface area contributed by atoms with E-state index in [0.717, 1.165) is 48.4 Å². The van der Waals surface area contributed by atoms with Crippen LogP contribution < -0.4 is 14.8 Å². The summed E-state index contributed by atoms with van der Waals surface area (Å²) in [6, 6.07) is 12.3. The average Bonchev–Trinajstić information content (AvgIpc) is 2.93. The molecule has 0 radical (unpaired) electrons. The molecule has 150 valence electrons. The van der Waals surface area contributed by atoms with Crippen molar-refractivity contribution in [3.63, 3.8) is 0 Å². The smallest absolute Gasteiger partial charge is 0.294 e. The number of nitrogens with one attached hydrogen (secondary N) is 1. The van der Waals surface area contributed by atoms with E-state index in [1.807, 2.05) is 12.1 Å². The topological polar surface area (TPSA) is 91.5 Å². The van der Waals surface area contributed by atoms with Crippen LogP contribution in [0.2, 0.25) is 0 Å². The summed E-state index contributed by atoms with van der Waals surface area (Å²) in [5.74, 6) is 2.12. The van der Waals surface area contributed by atoms with E-state index in [1.54, 1.807) is 43.2 Å². The molecule has 2 heterocycles. The molecule has 29 heavy (non-hydrogen) atoms. The largest absolute Gasteiger partial charge is 0.497 e. The standard InChI is InChI=1S/C21H22N4O4/c1-28-15-11-14(12-16(13-15)29-2)20-17-7-5-6-10-22-21(17)24(23-20)18-8-3-4-9-19(18)25(26)27/h3-4,8-9,11-13,22H,5-7,10H2,1-2H3. The molecule has 0 atom stereocenters. The van der Waals surface area contributed by atoms with Gasteiger partial charge in [-0.25, -0.2) is 4.68 Å². The second-order valence-corrected chi connectivity index (χ2v) is 6.82. The second kappa shape index (κ2) is 7.83. The number of rotatable bonds is 5. The highest BCUT2D eigenvalue weighted by atomic mass is 16.6. The lowest BCUT2D eigenvalue weighted by Crippen LogP contribution is -2.08. The number of hydrogen-bond acceptors (Lipinski definition) is 6. The monoisotopic (exact) mass is 394 g/mol. The van der Waals surface area contributed by atoms with Gasteiger partial charge in [0, 0.05) is 29.8 Å². The summed E-state index contributed by atoms with van der Waals surface area (Å²) in [6.45, 7) is 0.792. The van der Waals surface area contributed by atoms with E-state index < -0.39 is 0 Å². The minimum absolute atomic E-state index is 0.0126. The highest BCUT2D eigenvalue weighted by Crippen LogP contribution is 2.38. The van der Waals surface area contributed by atoms with Gasteiger partial charge < -0.3 is 14.8 Å². The van der Waals surface area contributed by atoms with Crippen LogP contribution in [-0.4, -0.2) is 35.5 Å². The number of methoxy groups -OCH3 is 2. The van der Waals surface area contributed by atoms with Crippen LogP contribution in [0.5, 0.6) is 11.5 Å². The van der Waals surface area contributed by atoms with E-state index in [4.69, 9.17) is 14.6 Å². The summed E-state index contributed by atoms with van der Waals surface area (Å²) in [5, 5.41) is 19.8. The third-order valence-corrected chi connectivity index (χ3v) is 5.06. The van der Waals surface area contributed by atoms with E-state index >= 15 is 0 Å². The van der Waals surface area contributed by atoms with Gasteiger partial charge in [0.2, 0.25) is 0 Å². The number of aromatic nitrogens is 2. The number of hydrogen-bond donors (Lipinski definition) is 1. The molecule has 1 aliphatic rings. The van der Waals surface area contributed by atoms with E-state index in [0.29, 0.717) is 17.2 Å². The van der Waals surface area contributed by atoms with Crippen LogP contribution in [0, 0.1) is 10.1 Å². The fourth-order valence-corrected chi connectivity index (χ4v) is 3.65. The van der Waals surface area contributed by atoms with Crippen molar-refractivity contribution in [1.82, 2.24) is 9.78 Å². The van der Waals surface area contributed by atoms with Crippen LogP contribution in [0.4, 0.5) is 11.5 Å². The SMILES string of the molecule is COc1cc(OC)cc(-c2nn(-c3ccccc3[N+](=O)[O-])c3c2CCCCN3)c1. The maximum atomic E-state index is 11.6. The van der Waals surface area contributed by atoms with Gasteiger partial charge in [-0.1, -0.05) is 12.1 Å². The van der Waals surface area contributed by atoms with Crippen LogP contribution in [0.25, 0.3) is 16.9 Å². The lowest BCUT2D eigenvalue weighted by atomic mass is 10.0. The number of benzene rings is 2. The number of ether oxygens (including phenoxy) is 2. The van der Waals surface area contributed by atoms with Crippen molar-refractivity contribution in [3.8, 4) is 28.4 Å². The fourth-order valence-electron chi connectivity index (χ4n) is 3.65. The van der Waals surface area contributed by atoms with Crippen LogP contribution in [-0.2, 0) is 6.42 Å². The molecule has 1 aromatic heterocycles. The molecule has 0 aliphatic carbocycles. The van der Waals surface area contributed by atoms with Gasteiger partial charge in [0.05, 0.1) is 24.8 Å². The Balaban J connectivity index is 1.95. The van der Waals surface area contributed by atoms with Gasteiger partial charge in [0.1, 0.15) is 23.0 Å². The Hall–Kier alpha value is -3.55. The Morgan fingerprint density at radius 3 is 2.52 bits per heavy atom. The van der Waals surface area contributed by atoms with E-state index in [2.05, 4.69) is 5.32 Å². The maximum absolute atomic E-state index is 11.6. The van der Waals surface area contributed by atoms with Crippen molar-refractivity contribution in [2.75, 3.05) is 26.1 Å². The normalized spacial score (nSPS) is 13.2. The van der Waals surface area contributed by atoms with Crippen LogP contribution >= 0.6 is 0 Å². The van der Waals surface area contributed by atoms with E-state index in [1.165, 1.54) is 6.07 Å². The Bertz CT molecular complexity index is 1040. The number of nitrogens with zero attached hydrogens (tertiary/aromatic N) is 3. The molecule has 3 aromatic rings. The van der Waals surface area contributed by atoms with Gasteiger partial charge in [-0.05, 0) is 37.5 Å². The van der Waals surface area contributed by atoms with Crippen LogP contribution in [0.1, 0.15) is 18.4 Å². The van der Waals surface area contributed by atoms with Crippen LogP contribution in [0.15, 0.2) is 42.5 Å². The molecule has 0 saturated heterocycles. The zero-order valence-corrected chi connectivity index (χ0v) is 16.3. The zero-order chi connectivity index (χ0) is 20.4. The van der Waals surface area contributed by atoms with Gasteiger partial charge in [0.15, 0.2) is 0 Å². The first-order valence-corrected chi connectivity index (χ1v) is 9.45. The maximum Gasteiger partial charge on any atom is 0.294 e. The fraction of sp³-hybridized carbons (Fsp3) is 0.286. The van der Waals surface area contributed by atoms with Gasteiger partial charge in [-0.15, -0.1) is 0 Å². The lowest BCUT2D eigenvalue weighted by Gasteiger charge is -2.09. The van der Waals surface area contributed by atoms with E-state index in [-0.39, 0.29) is 10.6 Å². The molecule has 1 aliphatic heterocycles. The molecule has 0 unspecified atom stereocenters. The van der Waals surface area contributed by atoms with Gasteiger partial charge >= 0.3 is 0 Å². The highest BCUT2D eigenvalue weighted by Gasteiger charge is 2.25. The van der Waals surface area contributed by atoms with Crippen molar-refractivity contribution in [1.29, 1.82) is 0 Å². The summed E-state index contributed by atoms with van der Waals surface area (Å²) in [6.07, 6.45) is 2.86. The molecule has 8 nitrogen and oxygen atoms in total. The molecule has 8 heteroatoms. The molecular weight excluding hydrogens is 372 g/mol. The molecular formula is C21H22N4O4. The minimum atomic E-state index is -0.381. The summed E-state index contributed by atoms with van der Waals surface area (Å²) >= 11 is 0. The molecule has 0 saturated carbocycles. The number of fused-ring (bicyclic) bond motifs is 1. The predicted molar refractivity (Wildman–Crippen MR) is 110 cm³/mol. The Kier molecular flexibility index (Phi) is 5.07. The van der Waals surface area contributed by atoms with Crippen molar-refractivity contribution in [2.45, 2.75) is 19.3 Å². The molecule has 0 bridgehead atoms. The zero-order valence-electron chi connectivity index (χ0n) is 16.3. The molecule has 4 rings (SSSR count). The Labute approximate surface area is 168 Å². The van der Waals surface area contributed by atoms with Gasteiger partial charge in [-0.3, -0.25) is 10.1 Å². The van der Waals surface area contributed by atoms with Crippen molar-refractivity contribution in [2.24, 2.45) is 0 Å². The summed E-state index contributed by atoms with van der Waals surface area (Å²) in [7, 11) is 3.21. The van der Waals surface area contributed by atoms with Crippen LogP contribution in [0.3, 0.4) is 0 Å². The predicted octanol–water partition coefficient (Wildman–Crippen LogP) is 4.21. The van der Waals surface area contributed by atoms with Crippen molar-refractivity contribution in [3.05, 3.63) is 58.1 Å². The molecule has 2 aromatic carbocycles. The second-order valence-electron chi connectivity index (χ2n) is 6.82. The summed E-state index contributed by atoms with van der Waals surface area (Å²) < 4.78 is 12.5. The van der Waals surface area contributed by atoms with Gasteiger partial charge in [-0.2, -0.15) is 5.10 Å². The number of nitro groups is 1. The summed E-state index contributed by atoms with van der Waals surface area (Å²) in [4.78, 5) is 11.2. The first-order chi connectivity index (χ1) is 14.1. The molecule has 0 amide bonds. The first-order valence-electron chi connectivity index (χ1n) is 9.45. The van der Waals surface area contributed by atoms with E-state index in [9.17, 15) is 10.1 Å². The quantitative estimate of drug-likeness (QED) is 0.515. The van der Waals surface area contributed by atoms with Crippen molar-refractivity contribution >= 4 is 11.5 Å². The number of anilines is 1.